The Morgan fingerprint density at radius 2 is 1.82 bits per heavy atom. The molecule has 0 spiro atoms. The number of hydrogen-bond acceptors (Lipinski definition) is 6. The number of rotatable bonds is 8. The fourth-order valence-corrected chi connectivity index (χ4v) is 3.40. The Hall–Kier alpha value is -3.06. The lowest BCUT2D eigenvalue weighted by atomic mass is 10.1. The number of hydrogen-bond donors (Lipinski definition) is 1. The highest BCUT2D eigenvalue weighted by atomic mass is 32.1. The summed E-state index contributed by atoms with van der Waals surface area (Å²) in [4.78, 5) is 15.1. The molecular weight excluding hydrogens is 378 g/mol. The molecule has 0 saturated heterocycles. The van der Waals surface area contributed by atoms with E-state index in [1.165, 1.54) is 22.3 Å². The normalized spacial score (nSPS) is 10.5. The first kappa shape index (κ1) is 19.7. The van der Waals surface area contributed by atoms with Crippen LogP contribution in [0.2, 0.25) is 0 Å². The van der Waals surface area contributed by atoms with Gasteiger partial charge < -0.3 is 19.3 Å². The predicted molar refractivity (Wildman–Crippen MR) is 108 cm³/mol. The van der Waals surface area contributed by atoms with Gasteiger partial charge in [-0.15, -0.1) is 11.3 Å². The molecule has 0 saturated carbocycles. The zero-order chi connectivity index (χ0) is 20.1. The topological polar surface area (TPSA) is 77.9 Å². The van der Waals surface area contributed by atoms with Crippen molar-refractivity contribution in [3.63, 3.8) is 0 Å². The zero-order valence-corrected chi connectivity index (χ0v) is 16.7. The molecule has 0 atom stereocenters. The monoisotopic (exact) mass is 399 g/mol. The number of aryl methyl sites for hydroxylation is 1. The van der Waals surface area contributed by atoms with Crippen LogP contribution in [-0.2, 0) is 0 Å². The van der Waals surface area contributed by atoms with E-state index in [1.807, 2.05) is 38.1 Å². The Labute approximate surface area is 167 Å². The van der Waals surface area contributed by atoms with E-state index in [4.69, 9.17) is 19.3 Å². The summed E-state index contributed by atoms with van der Waals surface area (Å²) < 4.78 is 17.0. The van der Waals surface area contributed by atoms with Crippen LogP contribution in [0.1, 0.15) is 21.6 Å². The summed E-state index contributed by atoms with van der Waals surface area (Å²) >= 11 is 1.27. The lowest BCUT2D eigenvalue weighted by molar-refractivity contribution is 0.0691. The molecule has 1 heterocycles. The average molecular weight is 399 g/mol. The Balaban J connectivity index is 1.64. The third kappa shape index (κ3) is 4.43. The van der Waals surface area contributed by atoms with E-state index < -0.39 is 5.97 Å². The van der Waals surface area contributed by atoms with Gasteiger partial charge in [-0.2, -0.15) is 0 Å². The van der Waals surface area contributed by atoms with Crippen LogP contribution in [0.25, 0.3) is 10.6 Å². The molecule has 1 aromatic heterocycles. The van der Waals surface area contributed by atoms with Crippen molar-refractivity contribution in [1.29, 1.82) is 0 Å². The van der Waals surface area contributed by atoms with Crippen LogP contribution in [0.3, 0.4) is 0 Å². The third-order valence-electron chi connectivity index (χ3n) is 4.29. The molecular formula is C21H21NO5S. The molecule has 0 bridgehead atoms. The Morgan fingerprint density at radius 1 is 1.07 bits per heavy atom. The van der Waals surface area contributed by atoms with Gasteiger partial charge in [-0.25, -0.2) is 9.78 Å². The van der Waals surface area contributed by atoms with Crippen molar-refractivity contribution in [2.24, 2.45) is 0 Å². The maximum atomic E-state index is 11.0. The molecule has 6 nitrogen and oxygen atoms in total. The highest BCUT2D eigenvalue weighted by Crippen LogP contribution is 2.34. The number of aromatic nitrogens is 1. The maximum Gasteiger partial charge on any atom is 0.355 e. The van der Waals surface area contributed by atoms with Crippen molar-refractivity contribution in [3.05, 3.63) is 58.6 Å². The Kier molecular flexibility index (Phi) is 6.16. The highest BCUT2D eigenvalue weighted by Gasteiger charge is 2.13. The van der Waals surface area contributed by atoms with Gasteiger partial charge in [0.2, 0.25) is 0 Å². The fraction of sp³-hybridized carbons (Fsp3) is 0.238. The van der Waals surface area contributed by atoms with E-state index in [0.717, 1.165) is 16.9 Å². The van der Waals surface area contributed by atoms with E-state index in [1.54, 1.807) is 19.2 Å². The fourth-order valence-electron chi connectivity index (χ4n) is 2.61. The molecule has 0 aliphatic carbocycles. The minimum atomic E-state index is -1.04. The molecule has 2 aromatic carbocycles. The largest absolute Gasteiger partial charge is 0.493 e. The van der Waals surface area contributed by atoms with Crippen molar-refractivity contribution in [2.45, 2.75) is 13.8 Å². The molecule has 0 aliphatic heterocycles. The molecule has 0 radical (unpaired) electrons. The lowest BCUT2D eigenvalue weighted by Crippen LogP contribution is -2.10. The van der Waals surface area contributed by atoms with E-state index in [0.29, 0.717) is 29.7 Å². The SMILES string of the molecule is COc1cc(-c2nc(C(=O)O)cs2)ccc1OCCOc1cccc(C)c1C. The minimum Gasteiger partial charge on any atom is -0.493 e. The molecule has 3 rings (SSSR count). The van der Waals surface area contributed by atoms with Crippen LogP contribution in [0.5, 0.6) is 17.2 Å². The van der Waals surface area contributed by atoms with Gasteiger partial charge in [-0.05, 0) is 49.2 Å². The first-order valence-electron chi connectivity index (χ1n) is 8.68. The summed E-state index contributed by atoms with van der Waals surface area (Å²) in [6.07, 6.45) is 0. The summed E-state index contributed by atoms with van der Waals surface area (Å²) in [5.74, 6) is 0.948. The lowest BCUT2D eigenvalue weighted by Gasteiger charge is -2.13. The van der Waals surface area contributed by atoms with Gasteiger partial charge in [0.05, 0.1) is 7.11 Å². The molecule has 28 heavy (non-hydrogen) atoms. The molecule has 0 fully saturated rings. The minimum absolute atomic E-state index is 0.0304. The van der Waals surface area contributed by atoms with Crippen LogP contribution in [0, 0.1) is 13.8 Å². The second kappa shape index (κ2) is 8.75. The summed E-state index contributed by atoms with van der Waals surface area (Å²) in [5, 5.41) is 11.1. The zero-order valence-electron chi connectivity index (χ0n) is 15.9. The number of thiazole rings is 1. The van der Waals surface area contributed by atoms with Crippen molar-refractivity contribution in [2.75, 3.05) is 20.3 Å². The van der Waals surface area contributed by atoms with Gasteiger partial charge in [-0.3, -0.25) is 0 Å². The van der Waals surface area contributed by atoms with Crippen LogP contribution in [0.15, 0.2) is 41.8 Å². The molecule has 1 N–H and O–H groups in total. The Bertz CT molecular complexity index is 983. The van der Waals surface area contributed by atoms with E-state index >= 15 is 0 Å². The number of nitrogens with zero attached hydrogens (tertiary/aromatic N) is 1. The van der Waals surface area contributed by atoms with Crippen LogP contribution < -0.4 is 14.2 Å². The summed E-state index contributed by atoms with van der Waals surface area (Å²) in [6.45, 7) is 4.85. The number of carbonyl (C=O) groups is 1. The number of methoxy groups -OCH3 is 1. The molecule has 0 unspecified atom stereocenters. The van der Waals surface area contributed by atoms with E-state index in [2.05, 4.69) is 4.98 Å². The maximum absolute atomic E-state index is 11.0. The van der Waals surface area contributed by atoms with Crippen molar-refractivity contribution >= 4 is 17.3 Å². The predicted octanol–water partition coefficient (Wildman–Crippen LogP) is 4.59. The van der Waals surface area contributed by atoms with Gasteiger partial charge in [-0.1, -0.05) is 12.1 Å². The van der Waals surface area contributed by atoms with Crippen molar-refractivity contribution in [3.8, 4) is 27.8 Å². The van der Waals surface area contributed by atoms with Gasteiger partial charge >= 0.3 is 5.97 Å². The number of ether oxygens (including phenoxy) is 3. The molecule has 3 aromatic rings. The van der Waals surface area contributed by atoms with Crippen LogP contribution >= 0.6 is 11.3 Å². The van der Waals surface area contributed by atoms with Crippen LogP contribution in [0.4, 0.5) is 0 Å². The first-order valence-corrected chi connectivity index (χ1v) is 9.56. The second-order valence-corrected chi connectivity index (χ2v) is 6.96. The van der Waals surface area contributed by atoms with Gasteiger partial charge in [0.1, 0.15) is 24.0 Å². The third-order valence-corrected chi connectivity index (χ3v) is 5.18. The summed E-state index contributed by atoms with van der Waals surface area (Å²) in [5.41, 5.74) is 3.11. The number of benzene rings is 2. The number of carboxylic acids is 1. The molecule has 0 amide bonds. The Morgan fingerprint density at radius 3 is 2.50 bits per heavy atom. The quantitative estimate of drug-likeness (QED) is 0.558. The van der Waals surface area contributed by atoms with Crippen molar-refractivity contribution in [1.82, 2.24) is 4.98 Å². The average Bonchev–Trinajstić information content (AvgIpc) is 3.19. The first-order chi connectivity index (χ1) is 13.5. The number of carboxylic acid groups (broad SMARTS) is 1. The van der Waals surface area contributed by atoms with Crippen LogP contribution in [-0.4, -0.2) is 36.4 Å². The van der Waals surface area contributed by atoms with Gasteiger partial charge in [0.25, 0.3) is 0 Å². The standard InChI is InChI=1S/C21H21NO5S/c1-13-5-4-6-17(14(13)2)26-9-10-27-18-8-7-15(11-19(18)25-3)20-22-16(12-28-20)21(23)24/h4-8,11-12H,9-10H2,1-3H3,(H,23,24). The number of aromatic carboxylic acids is 1. The second-order valence-electron chi connectivity index (χ2n) is 6.10. The summed E-state index contributed by atoms with van der Waals surface area (Å²) in [6, 6.07) is 11.4. The molecule has 146 valence electrons. The van der Waals surface area contributed by atoms with Gasteiger partial charge in [0, 0.05) is 10.9 Å². The van der Waals surface area contributed by atoms with Gasteiger partial charge in [0.15, 0.2) is 17.2 Å². The van der Waals surface area contributed by atoms with Crippen molar-refractivity contribution < 1.29 is 24.1 Å². The molecule has 0 aliphatic rings. The summed E-state index contributed by atoms with van der Waals surface area (Å²) in [7, 11) is 1.56. The smallest absolute Gasteiger partial charge is 0.355 e. The molecule has 7 heteroatoms. The van der Waals surface area contributed by atoms with E-state index in [9.17, 15) is 4.79 Å². The highest BCUT2D eigenvalue weighted by molar-refractivity contribution is 7.13. The van der Waals surface area contributed by atoms with E-state index in [-0.39, 0.29) is 5.69 Å².